The van der Waals surface area contributed by atoms with E-state index in [0.29, 0.717) is 17.5 Å². The van der Waals surface area contributed by atoms with Crippen LogP contribution in [0.3, 0.4) is 0 Å². The van der Waals surface area contributed by atoms with Gasteiger partial charge in [0, 0.05) is 6.07 Å². The van der Waals surface area contributed by atoms with Crippen molar-refractivity contribution >= 4 is 12.4 Å². The van der Waals surface area contributed by atoms with E-state index in [1.165, 1.54) is 12.1 Å². The Morgan fingerprint density at radius 3 is 2.89 bits per heavy atom. The molecule has 2 aromatic rings. The number of rotatable bonds is 4. The summed E-state index contributed by atoms with van der Waals surface area (Å²) in [6.45, 7) is 1.85. The summed E-state index contributed by atoms with van der Waals surface area (Å²) in [6, 6.07) is 5.52. The first-order chi connectivity index (χ1) is 8.15. The van der Waals surface area contributed by atoms with Crippen LogP contribution in [0.1, 0.15) is 24.7 Å². The highest BCUT2D eigenvalue weighted by atomic mass is 35.5. The van der Waals surface area contributed by atoms with Crippen molar-refractivity contribution in [3.63, 3.8) is 0 Å². The predicted molar refractivity (Wildman–Crippen MR) is 64.9 cm³/mol. The van der Waals surface area contributed by atoms with Gasteiger partial charge in [0.2, 0.25) is 11.7 Å². The largest absolute Gasteiger partial charge is 0.485 e. The van der Waals surface area contributed by atoms with Crippen LogP contribution in [-0.2, 0) is 6.61 Å². The van der Waals surface area contributed by atoms with Crippen LogP contribution in [-0.4, -0.2) is 10.1 Å². The van der Waals surface area contributed by atoms with Crippen LogP contribution in [0.15, 0.2) is 28.8 Å². The van der Waals surface area contributed by atoms with Crippen LogP contribution in [0.25, 0.3) is 0 Å². The number of ether oxygens (including phenoxy) is 1. The van der Waals surface area contributed by atoms with E-state index in [1.54, 1.807) is 19.1 Å². The fraction of sp³-hybridized carbons (Fsp3) is 0.273. The van der Waals surface area contributed by atoms with Gasteiger partial charge in [0.15, 0.2) is 6.61 Å². The Morgan fingerprint density at radius 1 is 1.50 bits per heavy atom. The lowest BCUT2D eigenvalue weighted by atomic mass is 10.3. The van der Waals surface area contributed by atoms with E-state index in [-0.39, 0.29) is 30.9 Å². The van der Waals surface area contributed by atoms with E-state index in [1.807, 2.05) is 0 Å². The predicted octanol–water partition coefficient (Wildman–Crippen LogP) is 2.23. The minimum absolute atomic E-state index is 0. The third kappa shape index (κ3) is 3.68. The van der Waals surface area contributed by atoms with Gasteiger partial charge in [-0.15, -0.1) is 12.4 Å². The summed E-state index contributed by atoms with van der Waals surface area (Å²) in [5.41, 5.74) is 5.57. The number of hydrogen-bond donors (Lipinski definition) is 1. The Morgan fingerprint density at radius 2 is 2.28 bits per heavy atom. The van der Waals surface area contributed by atoms with Gasteiger partial charge < -0.3 is 15.0 Å². The Kier molecular flexibility index (Phi) is 5.06. The molecule has 1 aromatic heterocycles. The van der Waals surface area contributed by atoms with Crippen molar-refractivity contribution in [3.05, 3.63) is 41.8 Å². The smallest absolute Gasteiger partial charge is 0.243 e. The number of halogens is 2. The minimum Gasteiger partial charge on any atom is -0.485 e. The van der Waals surface area contributed by atoms with Gasteiger partial charge in [-0.1, -0.05) is 11.2 Å². The van der Waals surface area contributed by atoms with Crippen LogP contribution in [0.2, 0.25) is 0 Å². The van der Waals surface area contributed by atoms with Crippen LogP contribution < -0.4 is 10.5 Å². The molecule has 2 rings (SSSR count). The lowest BCUT2D eigenvalue weighted by molar-refractivity contribution is 0.283. The SMILES string of the molecule is C[C@H](N)c1nc(COc2cccc(F)c2)no1.Cl. The molecule has 0 radical (unpaired) electrons. The van der Waals surface area contributed by atoms with Crippen molar-refractivity contribution in [3.8, 4) is 5.75 Å². The molecule has 1 heterocycles. The maximum absolute atomic E-state index is 12.9. The van der Waals surface area contributed by atoms with Crippen molar-refractivity contribution in [2.24, 2.45) is 5.73 Å². The summed E-state index contributed by atoms with van der Waals surface area (Å²) in [5.74, 6) is 0.786. The van der Waals surface area contributed by atoms with Gasteiger partial charge in [-0.2, -0.15) is 4.98 Å². The van der Waals surface area contributed by atoms with Gasteiger partial charge in [0.1, 0.15) is 11.6 Å². The molecule has 0 aliphatic carbocycles. The Labute approximate surface area is 110 Å². The third-order valence-corrected chi connectivity index (χ3v) is 2.04. The summed E-state index contributed by atoms with van der Waals surface area (Å²) in [4.78, 5) is 4.03. The molecule has 0 saturated carbocycles. The number of benzene rings is 1. The number of nitrogens with two attached hydrogens (primary N) is 1. The molecule has 0 spiro atoms. The number of nitrogens with zero attached hydrogens (tertiary/aromatic N) is 2. The zero-order valence-electron chi connectivity index (χ0n) is 9.67. The summed E-state index contributed by atoms with van der Waals surface area (Å²) >= 11 is 0. The first-order valence-corrected chi connectivity index (χ1v) is 5.11. The van der Waals surface area contributed by atoms with Crippen LogP contribution in [0.4, 0.5) is 4.39 Å². The topological polar surface area (TPSA) is 74.2 Å². The van der Waals surface area contributed by atoms with E-state index in [9.17, 15) is 4.39 Å². The minimum atomic E-state index is -0.355. The molecule has 7 heteroatoms. The van der Waals surface area contributed by atoms with E-state index in [4.69, 9.17) is 15.0 Å². The molecule has 2 N–H and O–H groups in total. The average molecular weight is 274 g/mol. The molecule has 0 unspecified atom stereocenters. The van der Waals surface area contributed by atoms with Gasteiger partial charge in [0.25, 0.3) is 0 Å². The first-order valence-electron chi connectivity index (χ1n) is 5.11. The maximum Gasteiger partial charge on any atom is 0.243 e. The lowest BCUT2D eigenvalue weighted by Crippen LogP contribution is -2.05. The Bertz CT molecular complexity index is 505. The molecule has 0 aliphatic rings. The first kappa shape index (κ1) is 14.4. The highest BCUT2D eigenvalue weighted by Gasteiger charge is 2.10. The molecule has 0 bridgehead atoms. The molecule has 0 fully saturated rings. The standard InChI is InChI=1S/C11H12FN3O2.ClH/c1-7(13)11-14-10(15-17-11)6-16-9-4-2-3-8(12)5-9;/h2-5,7H,6,13H2,1H3;1H/t7-;/m0./s1. The van der Waals surface area contributed by atoms with Crippen LogP contribution >= 0.6 is 12.4 Å². The highest BCUT2D eigenvalue weighted by Crippen LogP contribution is 2.14. The van der Waals surface area contributed by atoms with Gasteiger partial charge in [-0.25, -0.2) is 4.39 Å². The van der Waals surface area contributed by atoms with E-state index in [0.717, 1.165) is 0 Å². The molecule has 18 heavy (non-hydrogen) atoms. The van der Waals surface area contributed by atoms with Gasteiger partial charge >= 0.3 is 0 Å². The second-order valence-corrected chi connectivity index (χ2v) is 3.58. The second-order valence-electron chi connectivity index (χ2n) is 3.58. The average Bonchev–Trinajstić information content (AvgIpc) is 2.75. The van der Waals surface area contributed by atoms with Crippen molar-refractivity contribution in [1.29, 1.82) is 0 Å². The molecule has 1 atom stereocenters. The molecule has 98 valence electrons. The monoisotopic (exact) mass is 273 g/mol. The van der Waals surface area contributed by atoms with Gasteiger partial charge in [0.05, 0.1) is 6.04 Å². The second kappa shape index (κ2) is 6.32. The van der Waals surface area contributed by atoms with Crippen LogP contribution in [0, 0.1) is 5.82 Å². The molecular formula is C11H13ClFN3O2. The fourth-order valence-electron chi connectivity index (χ4n) is 1.22. The normalized spacial score (nSPS) is 11.7. The highest BCUT2D eigenvalue weighted by molar-refractivity contribution is 5.85. The fourth-order valence-corrected chi connectivity index (χ4v) is 1.22. The van der Waals surface area contributed by atoms with Crippen molar-refractivity contribution in [2.45, 2.75) is 19.6 Å². The van der Waals surface area contributed by atoms with Crippen molar-refractivity contribution in [2.75, 3.05) is 0 Å². The molecule has 1 aromatic carbocycles. The summed E-state index contributed by atoms with van der Waals surface area (Å²) in [5, 5.41) is 3.69. The number of hydrogen-bond acceptors (Lipinski definition) is 5. The zero-order valence-corrected chi connectivity index (χ0v) is 10.5. The van der Waals surface area contributed by atoms with Crippen LogP contribution in [0.5, 0.6) is 5.75 Å². The molecule has 5 nitrogen and oxygen atoms in total. The molecule has 0 saturated heterocycles. The van der Waals surface area contributed by atoms with E-state index < -0.39 is 0 Å². The zero-order chi connectivity index (χ0) is 12.3. The van der Waals surface area contributed by atoms with E-state index >= 15 is 0 Å². The molecule has 0 amide bonds. The number of aromatic nitrogens is 2. The Balaban J connectivity index is 0.00000162. The quantitative estimate of drug-likeness (QED) is 0.925. The maximum atomic E-state index is 12.9. The summed E-state index contributed by atoms with van der Waals surface area (Å²) in [6.07, 6.45) is 0. The Hall–Kier alpha value is -1.66. The summed E-state index contributed by atoms with van der Waals surface area (Å²) < 4.78 is 23.1. The van der Waals surface area contributed by atoms with Crippen molar-refractivity contribution < 1.29 is 13.7 Å². The molecule has 0 aliphatic heterocycles. The van der Waals surface area contributed by atoms with Crippen molar-refractivity contribution in [1.82, 2.24) is 10.1 Å². The lowest BCUT2D eigenvalue weighted by Gasteiger charge is -2.02. The molecular weight excluding hydrogens is 261 g/mol. The summed E-state index contributed by atoms with van der Waals surface area (Å²) in [7, 11) is 0. The van der Waals surface area contributed by atoms with Gasteiger partial charge in [-0.05, 0) is 19.1 Å². The van der Waals surface area contributed by atoms with E-state index in [2.05, 4.69) is 10.1 Å². The third-order valence-electron chi connectivity index (χ3n) is 2.04. The van der Waals surface area contributed by atoms with Gasteiger partial charge in [-0.3, -0.25) is 0 Å².